The van der Waals surface area contributed by atoms with Crippen LogP contribution in [0.3, 0.4) is 0 Å². The number of nitrogens with one attached hydrogen (secondary N) is 1. The van der Waals surface area contributed by atoms with E-state index in [0.29, 0.717) is 51.3 Å². The predicted molar refractivity (Wildman–Crippen MR) is 106 cm³/mol. The summed E-state index contributed by atoms with van der Waals surface area (Å²) >= 11 is 0. The monoisotopic (exact) mass is 411 g/mol. The van der Waals surface area contributed by atoms with E-state index in [1.54, 1.807) is 37.8 Å². The molecule has 0 unspecified atom stereocenters. The summed E-state index contributed by atoms with van der Waals surface area (Å²) in [4.78, 5) is 26.2. The van der Waals surface area contributed by atoms with Gasteiger partial charge in [-0.05, 0) is 38.0 Å². The second-order valence-electron chi connectivity index (χ2n) is 6.59. The maximum atomic E-state index is 12.7. The molecule has 1 N–H and O–H groups in total. The number of likely N-dealkylation sites (tertiary alicyclic amines) is 1. The number of piperidine rings is 1. The van der Waals surface area contributed by atoms with Crippen LogP contribution >= 0.6 is 0 Å². The van der Waals surface area contributed by atoms with E-state index in [0.717, 1.165) is 0 Å². The van der Waals surface area contributed by atoms with Gasteiger partial charge in [0, 0.05) is 31.9 Å². The smallest absolute Gasteiger partial charge is 0.409 e. The summed E-state index contributed by atoms with van der Waals surface area (Å²) in [6.07, 6.45) is 0.972. The van der Waals surface area contributed by atoms with Crippen molar-refractivity contribution in [1.29, 1.82) is 0 Å². The molecule has 0 aromatic heterocycles. The summed E-state index contributed by atoms with van der Waals surface area (Å²) in [6.45, 7) is 7.21. The molecule has 0 bridgehead atoms. The highest BCUT2D eigenvalue weighted by Crippen LogP contribution is 2.22. The molecule has 1 aliphatic rings. The number of nitrogens with zero attached hydrogens (tertiary/aromatic N) is 2. The number of sulfonamides is 1. The minimum absolute atomic E-state index is 0.144. The molecule has 1 aromatic rings. The lowest BCUT2D eigenvalue weighted by Gasteiger charge is -2.31. The molecule has 1 atom stereocenters. The van der Waals surface area contributed by atoms with Crippen molar-refractivity contribution in [3.8, 4) is 0 Å². The molecule has 2 amide bonds. The zero-order valence-electron chi connectivity index (χ0n) is 16.7. The summed E-state index contributed by atoms with van der Waals surface area (Å²) in [5.74, 6) is -0.590. The van der Waals surface area contributed by atoms with Gasteiger partial charge in [-0.25, -0.2) is 13.2 Å². The van der Waals surface area contributed by atoms with E-state index >= 15 is 0 Å². The zero-order chi connectivity index (χ0) is 20.7. The fourth-order valence-corrected chi connectivity index (χ4v) is 4.77. The lowest BCUT2D eigenvalue weighted by molar-refractivity contribution is -0.121. The van der Waals surface area contributed by atoms with Crippen molar-refractivity contribution in [3.63, 3.8) is 0 Å². The second-order valence-corrected chi connectivity index (χ2v) is 8.53. The molecule has 8 nitrogen and oxygen atoms in total. The Morgan fingerprint density at radius 2 is 1.96 bits per heavy atom. The third kappa shape index (κ3) is 5.23. The zero-order valence-corrected chi connectivity index (χ0v) is 17.5. The van der Waals surface area contributed by atoms with Gasteiger partial charge in [0.25, 0.3) is 0 Å². The van der Waals surface area contributed by atoms with Crippen molar-refractivity contribution in [2.75, 3.05) is 38.1 Å². The standard InChI is InChI=1S/C19H29N3O5S/c1-4-22(5-2)28(25,26)17-11-7-10-16(13-17)20-18(23)15-9-8-12-21(14-15)19(24)27-6-3/h7,10-11,13,15H,4-6,8-9,12,14H2,1-3H3,(H,20,23)/t15-/m1/s1. The van der Waals surface area contributed by atoms with Crippen LogP contribution in [0.2, 0.25) is 0 Å². The largest absolute Gasteiger partial charge is 0.450 e. The molecule has 28 heavy (non-hydrogen) atoms. The molecule has 1 heterocycles. The van der Waals surface area contributed by atoms with Gasteiger partial charge >= 0.3 is 6.09 Å². The first-order valence-electron chi connectivity index (χ1n) is 9.66. The van der Waals surface area contributed by atoms with E-state index in [1.807, 2.05) is 0 Å². The Kier molecular flexibility index (Phi) is 7.82. The molecule has 1 fully saturated rings. The number of anilines is 1. The van der Waals surface area contributed by atoms with Crippen LogP contribution in [0.4, 0.5) is 10.5 Å². The second kappa shape index (κ2) is 9.88. The van der Waals surface area contributed by atoms with Crippen LogP contribution in [0.1, 0.15) is 33.6 Å². The summed E-state index contributed by atoms with van der Waals surface area (Å²) in [7, 11) is -3.60. The Hall–Kier alpha value is -2.13. The fraction of sp³-hybridized carbons (Fsp3) is 0.579. The number of carbonyl (C=O) groups excluding carboxylic acids is 2. The van der Waals surface area contributed by atoms with Crippen LogP contribution in [0.25, 0.3) is 0 Å². The number of hydrogen-bond donors (Lipinski definition) is 1. The Morgan fingerprint density at radius 3 is 2.61 bits per heavy atom. The summed E-state index contributed by atoms with van der Waals surface area (Å²) in [5.41, 5.74) is 0.423. The first-order valence-corrected chi connectivity index (χ1v) is 11.1. The van der Waals surface area contributed by atoms with Gasteiger partial charge in [0.05, 0.1) is 17.4 Å². The van der Waals surface area contributed by atoms with Crippen molar-refractivity contribution in [2.24, 2.45) is 5.92 Å². The SMILES string of the molecule is CCOC(=O)N1CCC[C@@H](C(=O)Nc2cccc(S(=O)(=O)N(CC)CC)c2)C1. The first-order chi connectivity index (χ1) is 13.3. The Morgan fingerprint density at radius 1 is 1.25 bits per heavy atom. The van der Waals surface area contributed by atoms with Crippen LogP contribution in [0, 0.1) is 5.92 Å². The highest BCUT2D eigenvalue weighted by atomic mass is 32.2. The van der Waals surface area contributed by atoms with Crippen molar-refractivity contribution in [1.82, 2.24) is 9.21 Å². The minimum Gasteiger partial charge on any atom is -0.450 e. The number of hydrogen-bond acceptors (Lipinski definition) is 5. The highest BCUT2D eigenvalue weighted by Gasteiger charge is 2.29. The van der Waals surface area contributed by atoms with E-state index in [-0.39, 0.29) is 16.7 Å². The molecule has 2 rings (SSSR count). The van der Waals surface area contributed by atoms with Crippen LogP contribution in [-0.2, 0) is 19.6 Å². The summed E-state index contributed by atoms with van der Waals surface area (Å²) in [6, 6.07) is 6.26. The third-order valence-corrected chi connectivity index (χ3v) is 6.81. The van der Waals surface area contributed by atoms with E-state index in [1.165, 1.54) is 16.4 Å². The molecule has 0 aliphatic carbocycles. The average molecular weight is 412 g/mol. The topological polar surface area (TPSA) is 96.0 Å². The van der Waals surface area contributed by atoms with E-state index < -0.39 is 16.1 Å². The van der Waals surface area contributed by atoms with Gasteiger partial charge in [0.2, 0.25) is 15.9 Å². The van der Waals surface area contributed by atoms with Gasteiger partial charge in [0.15, 0.2) is 0 Å². The van der Waals surface area contributed by atoms with Crippen LogP contribution in [0.5, 0.6) is 0 Å². The van der Waals surface area contributed by atoms with Gasteiger partial charge in [0.1, 0.15) is 0 Å². The van der Waals surface area contributed by atoms with Gasteiger partial charge < -0.3 is 15.0 Å². The summed E-state index contributed by atoms with van der Waals surface area (Å²) < 4.78 is 31.7. The number of benzene rings is 1. The van der Waals surface area contributed by atoms with Crippen molar-refractivity contribution in [2.45, 2.75) is 38.5 Å². The lowest BCUT2D eigenvalue weighted by atomic mass is 9.97. The first kappa shape index (κ1) is 22.2. The Bertz CT molecular complexity index is 793. The Balaban J connectivity index is 2.09. The van der Waals surface area contributed by atoms with Gasteiger partial charge in [-0.3, -0.25) is 4.79 Å². The van der Waals surface area contributed by atoms with Crippen molar-refractivity contribution < 1.29 is 22.7 Å². The molecular weight excluding hydrogens is 382 g/mol. The molecule has 1 aliphatic heterocycles. The third-order valence-electron chi connectivity index (χ3n) is 4.76. The normalized spacial score (nSPS) is 17.4. The average Bonchev–Trinajstić information content (AvgIpc) is 2.69. The van der Waals surface area contributed by atoms with Crippen LogP contribution in [0.15, 0.2) is 29.2 Å². The molecule has 156 valence electrons. The fourth-order valence-electron chi connectivity index (χ4n) is 3.26. The van der Waals surface area contributed by atoms with E-state index in [9.17, 15) is 18.0 Å². The number of rotatable bonds is 7. The number of amides is 2. The minimum atomic E-state index is -3.60. The molecular formula is C19H29N3O5S. The highest BCUT2D eigenvalue weighted by molar-refractivity contribution is 7.89. The number of ether oxygens (including phenoxy) is 1. The molecule has 0 saturated carbocycles. The Labute approximate surface area is 166 Å². The lowest BCUT2D eigenvalue weighted by Crippen LogP contribution is -2.44. The van der Waals surface area contributed by atoms with Crippen LogP contribution in [-0.4, -0.2) is 62.4 Å². The maximum absolute atomic E-state index is 12.7. The van der Waals surface area contributed by atoms with E-state index in [2.05, 4.69) is 5.32 Å². The number of carbonyl (C=O) groups is 2. The quantitative estimate of drug-likeness (QED) is 0.744. The van der Waals surface area contributed by atoms with Gasteiger partial charge in [-0.15, -0.1) is 0 Å². The molecule has 9 heteroatoms. The predicted octanol–water partition coefficient (Wildman–Crippen LogP) is 2.52. The van der Waals surface area contributed by atoms with E-state index in [4.69, 9.17) is 4.74 Å². The van der Waals surface area contributed by atoms with Crippen molar-refractivity contribution in [3.05, 3.63) is 24.3 Å². The van der Waals surface area contributed by atoms with Gasteiger partial charge in [-0.1, -0.05) is 19.9 Å². The maximum Gasteiger partial charge on any atom is 0.409 e. The molecule has 0 spiro atoms. The molecule has 1 aromatic carbocycles. The summed E-state index contributed by atoms with van der Waals surface area (Å²) in [5, 5.41) is 2.79. The van der Waals surface area contributed by atoms with Crippen molar-refractivity contribution >= 4 is 27.7 Å². The molecule has 1 saturated heterocycles. The molecule has 0 radical (unpaired) electrons. The van der Waals surface area contributed by atoms with Crippen LogP contribution < -0.4 is 5.32 Å². The van der Waals surface area contributed by atoms with Gasteiger partial charge in [-0.2, -0.15) is 4.31 Å².